The quantitative estimate of drug-likeness (QED) is 0.323. The largest absolute Gasteiger partial charge is 0.381 e. The fourth-order valence-corrected chi connectivity index (χ4v) is 6.08. The molecule has 6 rings (SSSR count). The minimum absolute atomic E-state index is 0.170. The van der Waals surface area contributed by atoms with Crippen molar-refractivity contribution >= 4 is 17.6 Å². The zero-order valence-corrected chi connectivity index (χ0v) is 26.7. The molecule has 0 radical (unpaired) electrons. The molecule has 16 heteroatoms. The van der Waals surface area contributed by atoms with Crippen LogP contribution in [0.5, 0.6) is 0 Å². The summed E-state index contributed by atoms with van der Waals surface area (Å²) in [5.74, 6) is -2.07. The van der Waals surface area contributed by atoms with Gasteiger partial charge in [-0.05, 0) is 76.7 Å². The Labute approximate surface area is 270 Å². The van der Waals surface area contributed by atoms with Gasteiger partial charge in [-0.25, -0.2) is 23.3 Å². The number of hydrogen-bond donors (Lipinski definition) is 2. The van der Waals surface area contributed by atoms with E-state index in [-0.39, 0.29) is 30.6 Å². The summed E-state index contributed by atoms with van der Waals surface area (Å²) in [6.45, 7) is 3.14. The average Bonchev–Trinajstić information content (AvgIpc) is 3.68. The summed E-state index contributed by atoms with van der Waals surface area (Å²) >= 11 is 0. The van der Waals surface area contributed by atoms with Gasteiger partial charge in [0.2, 0.25) is 11.8 Å². The minimum atomic E-state index is -3.67. The Kier molecular flexibility index (Phi) is 13.0. The smallest absolute Gasteiger partial charge is 0.379 e. The highest BCUT2D eigenvalue weighted by Crippen LogP contribution is 2.41. The Balaban J connectivity index is 0.000000388. The van der Waals surface area contributed by atoms with E-state index in [1.54, 1.807) is 27.7 Å². The van der Waals surface area contributed by atoms with E-state index in [2.05, 4.69) is 20.8 Å². The lowest BCUT2D eigenvalue weighted by atomic mass is 9.81. The molecule has 0 bridgehead atoms. The molecule has 3 aliphatic rings. The van der Waals surface area contributed by atoms with Crippen LogP contribution >= 0.6 is 0 Å². The molecule has 0 spiro atoms. The van der Waals surface area contributed by atoms with Crippen LogP contribution in [0.4, 0.5) is 22.0 Å². The summed E-state index contributed by atoms with van der Waals surface area (Å²) in [6.07, 6.45) is 9.42. The number of fused-ring (bicyclic) bond motifs is 1. The van der Waals surface area contributed by atoms with Crippen molar-refractivity contribution in [1.29, 1.82) is 0 Å². The van der Waals surface area contributed by atoms with Crippen molar-refractivity contribution in [2.24, 2.45) is 11.8 Å². The van der Waals surface area contributed by atoms with Crippen molar-refractivity contribution < 1.29 is 36.3 Å². The second-order valence-electron chi connectivity index (χ2n) is 12.1. The topological polar surface area (TPSA) is 128 Å². The Morgan fingerprint density at radius 3 is 2.49 bits per heavy atom. The van der Waals surface area contributed by atoms with Gasteiger partial charge in [0.15, 0.2) is 0 Å². The van der Waals surface area contributed by atoms with Crippen LogP contribution in [0.1, 0.15) is 98.3 Å². The molecule has 47 heavy (non-hydrogen) atoms. The summed E-state index contributed by atoms with van der Waals surface area (Å²) in [7, 11) is 0. The molecule has 11 nitrogen and oxygen atoms in total. The standard InChI is InChI=1S/C25H33F2N7O2.C5H9NO.CHF3/c1-3-33-21(8-11-28-33)23(35)31-22(18-6-9-25(26,27)10-7-18)20-14-34-24(30-20)29-19(16(2)32-34)13-17-5-4-12-36-15-17;7-5-3-1-2-4-6-5;2-1(3)4/h8,11,14,17-18,22H,3-7,9-10,12-13,15H2,1-2H3,(H,31,35);1-4H2,(H,6,7);1H. The van der Waals surface area contributed by atoms with Gasteiger partial charge in [0.05, 0.1) is 29.3 Å². The van der Waals surface area contributed by atoms with Gasteiger partial charge in [-0.2, -0.15) is 23.4 Å². The normalized spacial score (nSPS) is 20.4. The Bertz CT molecular complexity index is 1440. The molecule has 3 aromatic heterocycles. The molecular weight excluding hydrogens is 627 g/mol. The maximum absolute atomic E-state index is 13.9. The fraction of sp³-hybridized carbons (Fsp3) is 0.677. The second kappa shape index (κ2) is 16.9. The number of carbonyl (C=O) groups excluding carboxylic acids is 2. The van der Waals surface area contributed by atoms with Gasteiger partial charge in [0.1, 0.15) is 5.69 Å². The molecule has 0 aromatic carbocycles. The second-order valence-corrected chi connectivity index (χ2v) is 12.1. The molecule has 5 heterocycles. The van der Waals surface area contributed by atoms with E-state index >= 15 is 0 Å². The highest BCUT2D eigenvalue weighted by atomic mass is 19.4. The summed E-state index contributed by atoms with van der Waals surface area (Å²) < 4.78 is 65.7. The van der Waals surface area contributed by atoms with E-state index in [0.717, 1.165) is 69.7 Å². The third kappa shape index (κ3) is 10.7. The highest BCUT2D eigenvalue weighted by molar-refractivity contribution is 5.92. The molecular formula is C31H43F5N8O3. The lowest BCUT2D eigenvalue weighted by Crippen LogP contribution is -2.38. The van der Waals surface area contributed by atoms with Crippen LogP contribution in [-0.2, 0) is 22.5 Å². The first-order chi connectivity index (χ1) is 22.5. The molecule has 2 saturated heterocycles. The van der Waals surface area contributed by atoms with Crippen LogP contribution in [0.3, 0.4) is 0 Å². The molecule has 2 N–H and O–H groups in total. The van der Waals surface area contributed by atoms with Crippen molar-refractivity contribution in [2.75, 3.05) is 19.8 Å². The summed E-state index contributed by atoms with van der Waals surface area (Å²) in [6, 6.07) is 1.12. The van der Waals surface area contributed by atoms with E-state index in [1.165, 1.54) is 0 Å². The number of halogens is 5. The number of ether oxygens (including phenoxy) is 1. The monoisotopic (exact) mass is 670 g/mol. The van der Waals surface area contributed by atoms with Crippen LogP contribution in [0.2, 0.25) is 0 Å². The van der Waals surface area contributed by atoms with E-state index in [4.69, 9.17) is 14.7 Å². The number of carbonyl (C=O) groups is 2. The Hall–Kier alpha value is -3.69. The van der Waals surface area contributed by atoms with E-state index in [9.17, 15) is 31.5 Å². The molecule has 2 aliphatic heterocycles. The van der Waals surface area contributed by atoms with Crippen LogP contribution in [-0.4, -0.2) is 73.5 Å². The highest BCUT2D eigenvalue weighted by Gasteiger charge is 2.39. The first kappa shape index (κ1) is 36.2. The lowest BCUT2D eigenvalue weighted by molar-refractivity contribution is -0.122. The van der Waals surface area contributed by atoms with Gasteiger partial charge in [-0.3, -0.25) is 14.3 Å². The van der Waals surface area contributed by atoms with E-state index < -0.39 is 18.6 Å². The molecule has 3 fully saturated rings. The molecule has 1 saturated carbocycles. The van der Waals surface area contributed by atoms with Gasteiger partial charge < -0.3 is 15.4 Å². The molecule has 2 amide bonds. The number of piperidine rings is 1. The van der Waals surface area contributed by atoms with Crippen molar-refractivity contribution in [1.82, 2.24) is 40.0 Å². The maximum Gasteiger partial charge on any atom is 0.379 e. The zero-order valence-electron chi connectivity index (χ0n) is 26.7. The zero-order chi connectivity index (χ0) is 34.0. The molecule has 2 atom stereocenters. The first-order valence-electron chi connectivity index (χ1n) is 16.2. The number of alkyl halides is 5. The average molecular weight is 671 g/mol. The van der Waals surface area contributed by atoms with E-state index in [1.807, 2.05) is 13.8 Å². The number of aromatic nitrogens is 6. The van der Waals surface area contributed by atoms with Gasteiger partial charge in [0, 0.05) is 51.8 Å². The lowest BCUT2D eigenvalue weighted by Gasteiger charge is -2.33. The predicted molar refractivity (Wildman–Crippen MR) is 162 cm³/mol. The third-order valence-electron chi connectivity index (χ3n) is 8.58. The number of hydrogen-bond acceptors (Lipinski definition) is 7. The Morgan fingerprint density at radius 1 is 1.15 bits per heavy atom. The van der Waals surface area contributed by atoms with Crippen molar-refractivity contribution in [3.63, 3.8) is 0 Å². The Morgan fingerprint density at radius 2 is 1.89 bits per heavy atom. The summed E-state index contributed by atoms with van der Waals surface area (Å²) in [5.41, 5.74) is 2.72. The first-order valence-corrected chi connectivity index (χ1v) is 16.2. The van der Waals surface area contributed by atoms with E-state index in [0.29, 0.717) is 42.5 Å². The SMILES string of the molecule is CCn1nccc1C(=O)NC(c1cn2nc(C)c(CC3CCCOC3)nc2n1)C1CCC(F)(F)CC1.FC(F)F.O=C1CCCCN1. The molecule has 1 aliphatic carbocycles. The summed E-state index contributed by atoms with van der Waals surface area (Å²) in [4.78, 5) is 33.1. The van der Waals surface area contributed by atoms with Gasteiger partial charge >= 0.3 is 6.68 Å². The van der Waals surface area contributed by atoms with Crippen LogP contribution in [0.25, 0.3) is 5.78 Å². The number of imidazole rings is 1. The molecule has 260 valence electrons. The molecule has 2 unspecified atom stereocenters. The number of aryl methyl sites for hydroxylation is 2. The molecule has 3 aromatic rings. The number of amides is 2. The summed E-state index contributed by atoms with van der Waals surface area (Å²) in [5, 5.41) is 14.7. The number of rotatable bonds is 7. The number of nitrogens with one attached hydrogen (secondary N) is 2. The van der Waals surface area contributed by atoms with Gasteiger partial charge in [-0.1, -0.05) is 0 Å². The fourth-order valence-electron chi connectivity index (χ4n) is 6.08. The van der Waals surface area contributed by atoms with Crippen molar-refractivity contribution in [3.05, 3.63) is 41.2 Å². The maximum atomic E-state index is 13.9. The van der Waals surface area contributed by atoms with Gasteiger partial charge in [-0.15, -0.1) is 0 Å². The van der Waals surface area contributed by atoms with Crippen LogP contribution in [0, 0.1) is 18.8 Å². The van der Waals surface area contributed by atoms with Crippen molar-refractivity contribution in [2.45, 2.75) is 103 Å². The predicted octanol–water partition coefficient (Wildman–Crippen LogP) is 5.38. The van der Waals surface area contributed by atoms with Crippen molar-refractivity contribution in [3.8, 4) is 0 Å². The van der Waals surface area contributed by atoms with Crippen LogP contribution < -0.4 is 10.6 Å². The van der Waals surface area contributed by atoms with Crippen LogP contribution in [0.15, 0.2) is 18.5 Å². The third-order valence-corrected chi connectivity index (χ3v) is 8.58. The van der Waals surface area contributed by atoms with Gasteiger partial charge in [0.25, 0.3) is 11.7 Å². The minimum Gasteiger partial charge on any atom is -0.381 e. The number of nitrogens with zero attached hydrogens (tertiary/aromatic N) is 6.